The van der Waals surface area contributed by atoms with Gasteiger partial charge >= 0.3 is 0 Å². The fourth-order valence-corrected chi connectivity index (χ4v) is 5.69. The molecule has 0 aliphatic heterocycles. The van der Waals surface area contributed by atoms with Crippen molar-refractivity contribution in [2.45, 2.75) is 50.0 Å². The predicted molar refractivity (Wildman–Crippen MR) is 85.0 cm³/mol. The summed E-state index contributed by atoms with van der Waals surface area (Å²) in [5.74, 6) is 3.22. The summed E-state index contributed by atoms with van der Waals surface area (Å²) < 4.78 is 5.46. The Labute approximate surface area is 132 Å². The first-order valence-corrected chi connectivity index (χ1v) is 8.69. The predicted octanol–water partition coefficient (Wildman–Crippen LogP) is 3.41. The number of phenolic OH excluding ortho intramolecular Hbond substituents is 1. The van der Waals surface area contributed by atoms with Gasteiger partial charge in [0.15, 0.2) is 0 Å². The summed E-state index contributed by atoms with van der Waals surface area (Å²) in [6, 6.07) is 5.92. The standard InChI is InChI=1S/C19H26O3/c1-22-10-11-8-18-14(13-3-2-12(20)9-17(11)13)4-5-16-15(18)6-7-19(16)21/h2-3,9,11,14-16,18-21H,4-8,10H2,1H3. The van der Waals surface area contributed by atoms with Crippen molar-refractivity contribution in [3.63, 3.8) is 0 Å². The molecule has 4 rings (SSSR count). The summed E-state index contributed by atoms with van der Waals surface area (Å²) >= 11 is 0. The second-order valence-corrected chi connectivity index (χ2v) is 7.52. The summed E-state index contributed by atoms with van der Waals surface area (Å²) in [5.41, 5.74) is 2.72. The van der Waals surface area contributed by atoms with Crippen molar-refractivity contribution in [3.8, 4) is 5.75 Å². The maximum atomic E-state index is 10.3. The van der Waals surface area contributed by atoms with Gasteiger partial charge in [-0.25, -0.2) is 0 Å². The smallest absolute Gasteiger partial charge is 0.115 e. The Bertz CT molecular complexity index is 556. The molecule has 1 aromatic carbocycles. The zero-order valence-corrected chi connectivity index (χ0v) is 13.2. The molecule has 2 fully saturated rings. The third kappa shape index (κ3) is 2.17. The Morgan fingerprint density at radius 3 is 2.68 bits per heavy atom. The van der Waals surface area contributed by atoms with Gasteiger partial charge in [-0.1, -0.05) is 6.07 Å². The third-order valence-corrected chi connectivity index (χ3v) is 6.55. The van der Waals surface area contributed by atoms with E-state index in [1.807, 2.05) is 12.1 Å². The first-order chi connectivity index (χ1) is 10.7. The minimum absolute atomic E-state index is 0.0759. The van der Waals surface area contributed by atoms with Gasteiger partial charge in [-0.2, -0.15) is 0 Å². The van der Waals surface area contributed by atoms with Crippen LogP contribution in [0.5, 0.6) is 5.75 Å². The van der Waals surface area contributed by atoms with Crippen molar-refractivity contribution in [1.29, 1.82) is 0 Å². The molecular formula is C19H26O3. The highest BCUT2D eigenvalue weighted by atomic mass is 16.5. The van der Waals surface area contributed by atoms with Gasteiger partial charge < -0.3 is 14.9 Å². The molecule has 0 heterocycles. The lowest BCUT2D eigenvalue weighted by molar-refractivity contribution is 0.0466. The Morgan fingerprint density at radius 2 is 1.86 bits per heavy atom. The van der Waals surface area contributed by atoms with Gasteiger partial charge in [0.05, 0.1) is 12.7 Å². The summed E-state index contributed by atoms with van der Waals surface area (Å²) in [6.45, 7) is 0.722. The third-order valence-electron chi connectivity index (χ3n) is 6.55. The Morgan fingerprint density at radius 1 is 1.05 bits per heavy atom. The SMILES string of the molecule is COCC1CC2C(CCC3C(O)CCC32)c2ccc(O)cc21. The second-order valence-electron chi connectivity index (χ2n) is 7.52. The highest BCUT2D eigenvalue weighted by Gasteiger charge is 2.48. The topological polar surface area (TPSA) is 49.7 Å². The van der Waals surface area contributed by atoms with E-state index in [0.29, 0.717) is 35.3 Å². The van der Waals surface area contributed by atoms with Crippen LogP contribution < -0.4 is 0 Å². The molecular weight excluding hydrogens is 276 g/mol. The first-order valence-electron chi connectivity index (χ1n) is 8.69. The maximum absolute atomic E-state index is 10.3. The van der Waals surface area contributed by atoms with E-state index in [0.717, 1.165) is 25.9 Å². The van der Waals surface area contributed by atoms with Crippen LogP contribution in [0.2, 0.25) is 0 Å². The van der Waals surface area contributed by atoms with E-state index in [4.69, 9.17) is 4.74 Å². The largest absolute Gasteiger partial charge is 0.508 e. The van der Waals surface area contributed by atoms with Crippen LogP contribution in [0.4, 0.5) is 0 Å². The van der Waals surface area contributed by atoms with Crippen molar-refractivity contribution < 1.29 is 14.9 Å². The Hall–Kier alpha value is -1.06. The van der Waals surface area contributed by atoms with Crippen molar-refractivity contribution in [1.82, 2.24) is 0 Å². The normalized spacial score (nSPS) is 39.9. The van der Waals surface area contributed by atoms with Gasteiger partial charge in [0.1, 0.15) is 5.75 Å². The molecule has 6 unspecified atom stereocenters. The number of benzene rings is 1. The molecule has 2 N–H and O–H groups in total. The number of methoxy groups -OCH3 is 1. The molecule has 6 atom stereocenters. The fraction of sp³-hybridized carbons (Fsp3) is 0.684. The summed E-state index contributed by atoms with van der Waals surface area (Å²) in [4.78, 5) is 0. The van der Waals surface area contributed by atoms with Crippen LogP contribution in [0.3, 0.4) is 0 Å². The molecule has 120 valence electrons. The van der Waals surface area contributed by atoms with Gasteiger partial charge in [-0.3, -0.25) is 0 Å². The van der Waals surface area contributed by atoms with Gasteiger partial charge in [-0.05, 0) is 79.0 Å². The molecule has 0 aromatic heterocycles. The molecule has 3 nitrogen and oxygen atoms in total. The minimum atomic E-state index is -0.0759. The van der Waals surface area contributed by atoms with E-state index >= 15 is 0 Å². The molecule has 0 amide bonds. The lowest BCUT2D eigenvalue weighted by Gasteiger charge is -2.47. The lowest BCUT2D eigenvalue weighted by atomic mass is 9.58. The van der Waals surface area contributed by atoms with Crippen molar-refractivity contribution >= 4 is 0 Å². The number of phenols is 1. The number of aliphatic hydroxyl groups is 1. The highest BCUT2D eigenvalue weighted by molar-refractivity contribution is 5.42. The highest BCUT2D eigenvalue weighted by Crippen LogP contribution is 2.57. The van der Waals surface area contributed by atoms with Crippen LogP contribution in [0.1, 0.15) is 55.1 Å². The van der Waals surface area contributed by atoms with E-state index in [-0.39, 0.29) is 6.10 Å². The number of rotatable bonds is 2. The molecule has 0 spiro atoms. The van der Waals surface area contributed by atoms with Crippen molar-refractivity contribution in [2.75, 3.05) is 13.7 Å². The van der Waals surface area contributed by atoms with Crippen LogP contribution in [-0.2, 0) is 4.74 Å². The van der Waals surface area contributed by atoms with Crippen molar-refractivity contribution in [2.24, 2.45) is 17.8 Å². The first kappa shape index (κ1) is 14.5. The zero-order chi connectivity index (χ0) is 15.3. The second kappa shape index (κ2) is 5.54. The van der Waals surface area contributed by atoms with Crippen LogP contribution in [0.25, 0.3) is 0 Å². The van der Waals surface area contributed by atoms with Crippen molar-refractivity contribution in [3.05, 3.63) is 29.3 Å². The van der Waals surface area contributed by atoms with E-state index in [1.54, 1.807) is 7.11 Å². The Kier molecular flexibility index (Phi) is 3.66. The van der Waals surface area contributed by atoms with Crippen LogP contribution in [0.15, 0.2) is 18.2 Å². The number of aliphatic hydroxyl groups excluding tert-OH is 1. The number of hydrogen-bond acceptors (Lipinski definition) is 3. The van der Waals surface area contributed by atoms with Gasteiger partial charge in [-0.15, -0.1) is 0 Å². The minimum Gasteiger partial charge on any atom is -0.508 e. The van der Waals surface area contributed by atoms with E-state index in [9.17, 15) is 10.2 Å². The monoisotopic (exact) mass is 302 g/mol. The molecule has 3 aliphatic rings. The average molecular weight is 302 g/mol. The van der Waals surface area contributed by atoms with E-state index in [2.05, 4.69) is 6.07 Å². The quantitative estimate of drug-likeness (QED) is 0.880. The van der Waals surface area contributed by atoms with E-state index in [1.165, 1.54) is 24.0 Å². The van der Waals surface area contributed by atoms with Gasteiger partial charge in [0.25, 0.3) is 0 Å². The van der Waals surface area contributed by atoms with Crippen LogP contribution in [-0.4, -0.2) is 30.0 Å². The summed E-state index contributed by atoms with van der Waals surface area (Å²) in [5, 5.41) is 20.1. The van der Waals surface area contributed by atoms with Gasteiger partial charge in [0.2, 0.25) is 0 Å². The molecule has 3 aliphatic carbocycles. The molecule has 3 heteroatoms. The Balaban J connectivity index is 1.72. The number of ether oxygens (including phenoxy) is 1. The van der Waals surface area contributed by atoms with E-state index < -0.39 is 0 Å². The number of aromatic hydroxyl groups is 1. The fourth-order valence-electron chi connectivity index (χ4n) is 5.69. The number of hydrogen-bond donors (Lipinski definition) is 2. The summed E-state index contributed by atoms with van der Waals surface area (Å²) in [7, 11) is 1.76. The van der Waals surface area contributed by atoms with Crippen LogP contribution >= 0.6 is 0 Å². The van der Waals surface area contributed by atoms with Gasteiger partial charge in [0, 0.05) is 13.0 Å². The molecule has 2 saturated carbocycles. The average Bonchev–Trinajstić information content (AvgIpc) is 2.89. The maximum Gasteiger partial charge on any atom is 0.115 e. The summed E-state index contributed by atoms with van der Waals surface area (Å²) in [6.07, 6.45) is 5.56. The number of fused-ring (bicyclic) bond motifs is 5. The molecule has 1 aromatic rings. The molecule has 0 radical (unpaired) electrons. The molecule has 22 heavy (non-hydrogen) atoms. The molecule has 0 saturated heterocycles. The lowest BCUT2D eigenvalue weighted by Crippen LogP contribution is -2.38. The zero-order valence-electron chi connectivity index (χ0n) is 13.2. The van der Waals surface area contributed by atoms with Crippen LogP contribution in [0, 0.1) is 17.8 Å². The molecule has 0 bridgehead atoms.